The number of carbonyl (C=O) groups is 2. The van der Waals surface area contributed by atoms with E-state index in [2.05, 4.69) is 4.98 Å². The van der Waals surface area contributed by atoms with Crippen molar-refractivity contribution in [2.45, 2.75) is 25.8 Å². The van der Waals surface area contributed by atoms with Gasteiger partial charge in [-0.1, -0.05) is 18.2 Å². The average molecular weight is 284 g/mol. The van der Waals surface area contributed by atoms with Gasteiger partial charge in [0.15, 0.2) is 0 Å². The van der Waals surface area contributed by atoms with Crippen LogP contribution in [0.25, 0.3) is 10.9 Å². The first kappa shape index (κ1) is 13.5. The van der Waals surface area contributed by atoms with Crippen molar-refractivity contribution in [3.8, 4) is 0 Å². The summed E-state index contributed by atoms with van der Waals surface area (Å²) in [6.07, 6.45) is 1.74. The second-order valence-electron chi connectivity index (χ2n) is 5.39. The van der Waals surface area contributed by atoms with Crippen LogP contribution in [-0.2, 0) is 4.79 Å². The Balaban J connectivity index is 2.03. The van der Waals surface area contributed by atoms with Gasteiger partial charge in [0.1, 0.15) is 6.54 Å². The average Bonchev–Trinajstić information content (AvgIpc) is 3.27. The number of pyridine rings is 1. The molecule has 0 aliphatic heterocycles. The lowest BCUT2D eigenvalue weighted by molar-refractivity contribution is -0.137. The normalized spacial score (nSPS) is 14.1. The molecule has 1 aromatic heterocycles. The number of hydrogen-bond donors (Lipinski definition) is 1. The number of carbonyl (C=O) groups excluding carboxylic acids is 1. The molecule has 21 heavy (non-hydrogen) atoms. The van der Waals surface area contributed by atoms with Crippen molar-refractivity contribution in [1.82, 2.24) is 9.88 Å². The zero-order valence-electron chi connectivity index (χ0n) is 11.7. The summed E-state index contributed by atoms with van der Waals surface area (Å²) in [5.41, 5.74) is 1.95. The minimum absolute atomic E-state index is 0.0497. The van der Waals surface area contributed by atoms with Crippen LogP contribution in [0.1, 0.15) is 28.9 Å². The number of carboxylic acids is 1. The Morgan fingerprint density at radius 3 is 2.71 bits per heavy atom. The molecule has 1 heterocycles. The zero-order valence-corrected chi connectivity index (χ0v) is 11.7. The number of benzene rings is 1. The van der Waals surface area contributed by atoms with E-state index in [0.717, 1.165) is 23.9 Å². The monoisotopic (exact) mass is 284 g/mol. The minimum Gasteiger partial charge on any atom is -0.480 e. The molecular weight excluding hydrogens is 268 g/mol. The third kappa shape index (κ3) is 2.72. The Kier molecular flexibility index (Phi) is 3.33. The minimum atomic E-state index is -0.986. The topological polar surface area (TPSA) is 70.5 Å². The van der Waals surface area contributed by atoms with Crippen LogP contribution in [0.5, 0.6) is 0 Å². The number of carboxylic acid groups (broad SMARTS) is 1. The number of nitrogens with zero attached hydrogens (tertiary/aromatic N) is 2. The maximum Gasteiger partial charge on any atom is 0.323 e. The molecule has 0 spiro atoms. The largest absolute Gasteiger partial charge is 0.480 e. The van der Waals surface area contributed by atoms with E-state index in [4.69, 9.17) is 5.11 Å². The molecule has 1 fully saturated rings. The molecule has 5 nitrogen and oxygen atoms in total. The lowest BCUT2D eigenvalue weighted by Gasteiger charge is -2.20. The van der Waals surface area contributed by atoms with E-state index >= 15 is 0 Å². The van der Waals surface area contributed by atoms with Crippen LogP contribution in [-0.4, -0.2) is 39.5 Å². The van der Waals surface area contributed by atoms with E-state index in [-0.39, 0.29) is 18.5 Å². The fourth-order valence-corrected chi connectivity index (χ4v) is 2.47. The molecule has 1 aromatic carbocycles. The van der Waals surface area contributed by atoms with E-state index in [1.807, 2.05) is 25.1 Å². The van der Waals surface area contributed by atoms with Crippen molar-refractivity contribution in [3.05, 3.63) is 41.6 Å². The molecule has 2 aromatic rings. The number of hydrogen-bond acceptors (Lipinski definition) is 3. The zero-order chi connectivity index (χ0) is 15.0. The molecule has 3 rings (SSSR count). The molecule has 0 radical (unpaired) electrons. The molecular formula is C16H16N2O3. The van der Waals surface area contributed by atoms with E-state index in [9.17, 15) is 9.59 Å². The highest BCUT2D eigenvalue weighted by molar-refractivity contribution is 6.06. The van der Waals surface area contributed by atoms with Crippen molar-refractivity contribution in [1.29, 1.82) is 0 Å². The summed E-state index contributed by atoms with van der Waals surface area (Å²) >= 11 is 0. The molecule has 0 saturated heterocycles. The lowest BCUT2D eigenvalue weighted by atomic mass is 10.1. The number of aromatic nitrogens is 1. The van der Waals surface area contributed by atoms with Gasteiger partial charge in [-0.05, 0) is 31.9 Å². The standard InChI is InChI=1S/C16H16N2O3/c1-10-5-6-11-3-2-4-13(15(11)17-10)16(21)18(9-14(19)20)12-7-8-12/h2-6,12H,7-9H2,1H3,(H,19,20). The maximum atomic E-state index is 12.7. The fraction of sp³-hybridized carbons (Fsp3) is 0.312. The number of para-hydroxylation sites is 1. The van der Waals surface area contributed by atoms with Gasteiger partial charge >= 0.3 is 5.97 Å². The molecule has 1 N–H and O–H groups in total. The van der Waals surface area contributed by atoms with E-state index in [0.29, 0.717) is 11.1 Å². The van der Waals surface area contributed by atoms with Crippen LogP contribution in [0, 0.1) is 6.92 Å². The van der Waals surface area contributed by atoms with Crippen LogP contribution in [0.2, 0.25) is 0 Å². The smallest absolute Gasteiger partial charge is 0.323 e. The molecule has 1 amide bonds. The number of aliphatic carboxylic acids is 1. The Morgan fingerprint density at radius 1 is 1.29 bits per heavy atom. The summed E-state index contributed by atoms with van der Waals surface area (Å²) in [5, 5.41) is 9.89. The Hall–Kier alpha value is -2.43. The second-order valence-corrected chi connectivity index (χ2v) is 5.39. The van der Waals surface area contributed by atoms with E-state index in [1.54, 1.807) is 12.1 Å². The van der Waals surface area contributed by atoms with Crippen molar-refractivity contribution in [3.63, 3.8) is 0 Å². The second kappa shape index (κ2) is 5.16. The summed E-state index contributed by atoms with van der Waals surface area (Å²) in [5.74, 6) is -1.23. The van der Waals surface area contributed by atoms with E-state index in [1.165, 1.54) is 4.90 Å². The third-order valence-corrected chi connectivity index (χ3v) is 3.64. The maximum absolute atomic E-state index is 12.7. The summed E-state index contributed by atoms with van der Waals surface area (Å²) < 4.78 is 0. The Bertz CT molecular complexity index is 723. The predicted octanol–water partition coefficient (Wildman–Crippen LogP) is 2.23. The van der Waals surface area contributed by atoms with Gasteiger partial charge in [0.05, 0.1) is 11.1 Å². The SMILES string of the molecule is Cc1ccc2cccc(C(=O)N(CC(=O)O)C3CC3)c2n1. The van der Waals surface area contributed by atoms with Crippen molar-refractivity contribution in [2.24, 2.45) is 0 Å². The number of rotatable bonds is 4. The van der Waals surface area contributed by atoms with Crippen molar-refractivity contribution in [2.75, 3.05) is 6.54 Å². The summed E-state index contributed by atoms with van der Waals surface area (Å²) in [6, 6.07) is 9.29. The van der Waals surface area contributed by atoms with Gasteiger partial charge in [-0.2, -0.15) is 0 Å². The van der Waals surface area contributed by atoms with Gasteiger partial charge < -0.3 is 10.0 Å². The van der Waals surface area contributed by atoms with Gasteiger partial charge in [-0.3, -0.25) is 14.6 Å². The molecule has 5 heteroatoms. The van der Waals surface area contributed by atoms with Crippen LogP contribution in [0.15, 0.2) is 30.3 Å². The van der Waals surface area contributed by atoms with Gasteiger partial charge in [-0.15, -0.1) is 0 Å². The highest BCUT2D eigenvalue weighted by Gasteiger charge is 2.34. The molecule has 1 aliphatic carbocycles. The number of fused-ring (bicyclic) bond motifs is 1. The first-order valence-electron chi connectivity index (χ1n) is 6.95. The molecule has 108 valence electrons. The van der Waals surface area contributed by atoms with Crippen molar-refractivity contribution < 1.29 is 14.7 Å². The first-order chi connectivity index (χ1) is 10.1. The summed E-state index contributed by atoms with van der Waals surface area (Å²) in [6.45, 7) is 1.61. The lowest BCUT2D eigenvalue weighted by Crippen LogP contribution is -2.37. The molecule has 0 unspecified atom stereocenters. The molecule has 1 saturated carbocycles. The highest BCUT2D eigenvalue weighted by Crippen LogP contribution is 2.29. The van der Waals surface area contributed by atoms with Crippen LogP contribution in [0.3, 0.4) is 0 Å². The van der Waals surface area contributed by atoms with Gasteiger partial charge in [0.25, 0.3) is 5.91 Å². The fourth-order valence-electron chi connectivity index (χ4n) is 2.47. The van der Waals surface area contributed by atoms with Gasteiger partial charge in [-0.25, -0.2) is 0 Å². The van der Waals surface area contributed by atoms with Crippen molar-refractivity contribution >= 4 is 22.8 Å². The van der Waals surface area contributed by atoms with Gasteiger partial charge in [0, 0.05) is 17.1 Å². The number of aryl methyl sites for hydroxylation is 1. The highest BCUT2D eigenvalue weighted by atomic mass is 16.4. The molecule has 1 aliphatic rings. The Morgan fingerprint density at radius 2 is 2.05 bits per heavy atom. The molecule has 0 bridgehead atoms. The Labute approximate surface area is 122 Å². The van der Waals surface area contributed by atoms with Gasteiger partial charge in [0.2, 0.25) is 0 Å². The quantitative estimate of drug-likeness (QED) is 0.934. The van der Waals surface area contributed by atoms with E-state index < -0.39 is 5.97 Å². The predicted molar refractivity (Wildman–Crippen MR) is 78.2 cm³/mol. The first-order valence-corrected chi connectivity index (χ1v) is 6.95. The van der Waals surface area contributed by atoms with Crippen LogP contribution < -0.4 is 0 Å². The summed E-state index contributed by atoms with van der Waals surface area (Å²) in [7, 11) is 0. The number of amides is 1. The third-order valence-electron chi connectivity index (χ3n) is 3.64. The van der Waals surface area contributed by atoms with Crippen LogP contribution in [0.4, 0.5) is 0 Å². The van der Waals surface area contributed by atoms with Crippen LogP contribution >= 0.6 is 0 Å². The summed E-state index contributed by atoms with van der Waals surface area (Å²) in [4.78, 5) is 29.6. The molecule has 0 atom stereocenters.